The molecule has 1 saturated heterocycles. The largest absolute Gasteiger partial charge is 0.354 e. The molecule has 1 aliphatic heterocycles. The maximum atomic E-state index is 11.3. The number of rotatable bonds is 2. The average molecular weight is 257 g/mol. The molecule has 0 unspecified atom stereocenters. The Morgan fingerprint density at radius 3 is 2.63 bits per heavy atom. The molecule has 3 heterocycles. The number of piperidine rings is 1. The van der Waals surface area contributed by atoms with Gasteiger partial charge in [-0.25, -0.2) is 4.98 Å². The molecule has 6 nitrogen and oxygen atoms in total. The molecule has 2 aromatic heterocycles. The third-order valence-electron chi connectivity index (χ3n) is 3.27. The first kappa shape index (κ1) is 11.8. The Hall–Kier alpha value is -2.24. The number of carbonyl (C=O) groups is 1. The number of carbonyl (C=O) groups excluding carboxylic acids is 1. The fraction of sp³-hybridized carbons (Fsp3) is 0.385. The van der Waals surface area contributed by atoms with E-state index in [2.05, 4.69) is 20.0 Å². The van der Waals surface area contributed by atoms with E-state index >= 15 is 0 Å². The number of aromatic nitrogens is 4. The summed E-state index contributed by atoms with van der Waals surface area (Å²) >= 11 is 0. The van der Waals surface area contributed by atoms with Crippen LogP contribution in [0, 0.1) is 0 Å². The Labute approximate surface area is 111 Å². The minimum Gasteiger partial charge on any atom is -0.354 e. The van der Waals surface area contributed by atoms with Crippen molar-refractivity contribution in [2.45, 2.75) is 12.8 Å². The Balaban J connectivity index is 1.85. The summed E-state index contributed by atoms with van der Waals surface area (Å²) in [5.41, 5.74) is 1.76. The third kappa shape index (κ3) is 2.47. The molecule has 3 rings (SSSR count). The topological polar surface area (TPSA) is 63.9 Å². The molecule has 98 valence electrons. The van der Waals surface area contributed by atoms with Gasteiger partial charge in [-0.1, -0.05) is 0 Å². The first-order valence-corrected chi connectivity index (χ1v) is 6.30. The normalized spacial score (nSPS) is 15.8. The van der Waals surface area contributed by atoms with E-state index < -0.39 is 0 Å². The van der Waals surface area contributed by atoms with Crippen LogP contribution in [0.15, 0.2) is 24.8 Å². The van der Waals surface area contributed by atoms with Crippen LogP contribution >= 0.6 is 0 Å². The molecule has 0 radical (unpaired) electrons. The van der Waals surface area contributed by atoms with Crippen molar-refractivity contribution >= 4 is 11.6 Å². The molecule has 6 heteroatoms. The second-order valence-corrected chi connectivity index (χ2v) is 4.69. The van der Waals surface area contributed by atoms with E-state index in [4.69, 9.17) is 0 Å². The first-order chi connectivity index (χ1) is 9.22. The molecule has 0 amide bonds. The Morgan fingerprint density at radius 1 is 1.16 bits per heavy atom. The van der Waals surface area contributed by atoms with Gasteiger partial charge in [-0.3, -0.25) is 14.5 Å². The van der Waals surface area contributed by atoms with Crippen LogP contribution in [-0.2, 0) is 11.8 Å². The summed E-state index contributed by atoms with van der Waals surface area (Å²) in [4.78, 5) is 22.2. The lowest BCUT2D eigenvalue weighted by atomic mass is 10.1. The van der Waals surface area contributed by atoms with Gasteiger partial charge in [0.15, 0.2) is 0 Å². The van der Waals surface area contributed by atoms with E-state index in [1.807, 2.05) is 13.2 Å². The lowest BCUT2D eigenvalue weighted by Gasteiger charge is -2.26. The highest BCUT2D eigenvalue weighted by atomic mass is 16.1. The van der Waals surface area contributed by atoms with Gasteiger partial charge in [-0.15, -0.1) is 0 Å². The summed E-state index contributed by atoms with van der Waals surface area (Å²) in [6, 6.07) is 0. The third-order valence-corrected chi connectivity index (χ3v) is 3.27. The van der Waals surface area contributed by atoms with E-state index in [-0.39, 0.29) is 0 Å². The zero-order valence-corrected chi connectivity index (χ0v) is 10.8. The molecule has 2 aromatic rings. The molecule has 0 aliphatic carbocycles. The van der Waals surface area contributed by atoms with Gasteiger partial charge in [0.2, 0.25) is 0 Å². The first-order valence-electron chi connectivity index (χ1n) is 6.30. The van der Waals surface area contributed by atoms with Gasteiger partial charge in [0.1, 0.15) is 11.6 Å². The van der Waals surface area contributed by atoms with E-state index in [9.17, 15) is 4.79 Å². The summed E-state index contributed by atoms with van der Waals surface area (Å²) in [5, 5.41) is 4.14. The smallest absolute Gasteiger partial charge is 0.147 e. The maximum Gasteiger partial charge on any atom is 0.147 e. The van der Waals surface area contributed by atoms with Crippen LogP contribution in [0.2, 0.25) is 0 Å². The van der Waals surface area contributed by atoms with Gasteiger partial charge < -0.3 is 4.90 Å². The standard InChI is InChI=1S/C13H15N5O/c1-17-9-10(6-15-17)12-7-14-8-13(16-12)18-4-2-11(19)3-5-18/h6-9H,2-5H2,1H3. The number of hydrogen-bond donors (Lipinski definition) is 0. The minimum atomic E-state index is 0.327. The lowest BCUT2D eigenvalue weighted by Crippen LogP contribution is -2.34. The van der Waals surface area contributed by atoms with Crippen molar-refractivity contribution in [3.8, 4) is 11.3 Å². The lowest BCUT2D eigenvalue weighted by molar-refractivity contribution is -0.119. The van der Waals surface area contributed by atoms with Crippen molar-refractivity contribution in [2.75, 3.05) is 18.0 Å². The van der Waals surface area contributed by atoms with Gasteiger partial charge in [0.05, 0.1) is 24.3 Å². The van der Waals surface area contributed by atoms with Crippen molar-refractivity contribution in [2.24, 2.45) is 7.05 Å². The molecular weight excluding hydrogens is 242 g/mol. The van der Waals surface area contributed by atoms with Gasteiger partial charge in [-0.05, 0) is 0 Å². The van der Waals surface area contributed by atoms with Crippen LogP contribution in [0.5, 0.6) is 0 Å². The molecule has 0 atom stereocenters. The predicted octanol–water partition coefficient (Wildman–Crippen LogP) is 1.05. The number of nitrogens with zero attached hydrogens (tertiary/aromatic N) is 5. The highest BCUT2D eigenvalue weighted by molar-refractivity contribution is 5.80. The number of aryl methyl sites for hydroxylation is 1. The number of anilines is 1. The highest BCUT2D eigenvalue weighted by Crippen LogP contribution is 2.20. The SMILES string of the molecule is Cn1cc(-c2cncc(N3CCC(=O)CC3)n2)cn1. The Bertz CT molecular complexity index is 597. The monoisotopic (exact) mass is 257 g/mol. The van der Waals surface area contributed by atoms with E-state index in [0.717, 1.165) is 30.2 Å². The second-order valence-electron chi connectivity index (χ2n) is 4.69. The molecule has 19 heavy (non-hydrogen) atoms. The summed E-state index contributed by atoms with van der Waals surface area (Å²) in [6.07, 6.45) is 8.35. The molecule has 1 fully saturated rings. The van der Waals surface area contributed by atoms with Crippen LogP contribution < -0.4 is 4.90 Å². The second kappa shape index (κ2) is 4.79. The fourth-order valence-electron chi connectivity index (χ4n) is 2.19. The number of ketones is 1. The average Bonchev–Trinajstić information content (AvgIpc) is 2.86. The molecular formula is C13H15N5O. The van der Waals surface area contributed by atoms with Gasteiger partial charge >= 0.3 is 0 Å². The van der Waals surface area contributed by atoms with Crippen LogP contribution in [0.25, 0.3) is 11.3 Å². The van der Waals surface area contributed by atoms with Crippen molar-refractivity contribution in [1.29, 1.82) is 0 Å². The maximum absolute atomic E-state index is 11.3. The number of hydrogen-bond acceptors (Lipinski definition) is 5. The Morgan fingerprint density at radius 2 is 1.95 bits per heavy atom. The van der Waals surface area contributed by atoms with Gasteiger partial charge in [0, 0.05) is 44.7 Å². The van der Waals surface area contributed by atoms with E-state index in [1.54, 1.807) is 23.3 Å². The molecule has 0 spiro atoms. The fourth-order valence-corrected chi connectivity index (χ4v) is 2.19. The van der Waals surface area contributed by atoms with Gasteiger partial charge in [-0.2, -0.15) is 5.10 Å². The van der Waals surface area contributed by atoms with E-state index in [0.29, 0.717) is 18.6 Å². The van der Waals surface area contributed by atoms with Crippen molar-refractivity contribution in [3.63, 3.8) is 0 Å². The summed E-state index contributed by atoms with van der Waals surface area (Å²) in [7, 11) is 1.87. The predicted molar refractivity (Wildman–Crippen MR) is 70.7 cm³/mol. The zero-order valence-electron chi connectivity index (χ0n) is 10.8. The highest BCUT2D eigenvalue weighted by Gasteiger charge is 2.18. The van der Waals surface area contributed by atoms with Crippen LogP contribution in [0.4, 0.5) is 5.82 Å². The number of Topliss-reactive ketones (excluding diaryl/α,β-unsaturated/α-hetero) is 1. The van der Waals surface area contributed by atoms with Gasteiger partial charge in [0.25, 0.3) is 0 Å². The molecule has 1 aliphatic rings. The van der Waals surface area contributed by atoms with E-state index in [1.165, 1.54) is 0 Å². The van der Waals surface area contributed by atoms with Crippen LogP contribution in [0.3, 0.4) is 0 Å². The molecule has 0 N–H and O–H groups in total. The summed E-state index contributed by atoms with van der Waals surface area (Å²) in [5.74, 6) is 1.15. The van der Waals surface area contributed by atoms with Crippen molar-refractivity contribution in [1.82, 2.24) is 19.7 Å². The molecule has 0 bridgehead atoms. The minimum absolute atomic E-state index is 0.327. The quantitative estimate of drug-likeness (QED) is 0.804. The Kier molecular flexibility index (Phi) is 2.98. The van der Waals surface area contributed by atoms with Crippen molar-refractivity contribution < 1.29 is 4.79 Å². The summed E-state index contributed by atoms with van der Waals surface area (Å²) in [6.45, 7) is 1.45. The molecule has 0 saturated carbocycles. The molecule has 0 aromatic carbocycles. The zero-order chi connectivity index (χ0) is 13.2. The van der Waals surface area contributed by atoms with Crippen LogP contribution in [0.1, 0.15) is 12.8 Å². The van der Waals surface area contributed by atoms with Crippen molar-refractivity contribution in [3.05, 3.63) is 24.8 Å². The summed E-state index contributed by atoms with van der Waals surface area (Å²) < 4.78 is 1.74. The van der Waals surface area contributed by atoms with Crippen LogP contribution in [-0.4, -0.2) is 38.6 Å².